The Morgan fingerprint density at radius 1 is 1.09 bits per heavy atom. The van der Waals surface area contributed by atoms with Crippen LogP contribution < -0.4 is 19.7 Å². The number of rotatable bonds is 8. The van der Waals surface area contributed by atoms with Gasteiger partial charge in [0.05, 0.1) is 24.3 Å². The number of nitrogens with zero attached hydrogens (tertiary/aromatic N) is 2. The molecule has 1 aliphatic heterocycles. The molecule has 1 saturated heterocycles. The minimum atomic E-state index is -0.941. The molecule has 10 nitrogen and oxygen atoms in total. The van der Waals surface area contributed by atoms with Gasteiger partial charge in [0.1, 0.15) is 5.57 Å². The highest BCUT2D eigenvalue weighted by Crippen LogP contribution is 2.30. The van der Waals surface area contributed by atoms with E-state index < -0.39 is 22.8 Å². The van der Waals surface area contributed by atoms with Crippen LogP contribution in [0.1, 0.15) is 25.3 Å². The number of urea groups is 1. The maximum absolute atomic E-state index is 13.0. The van der Waals surface area contributed by atoms with E-state index in [1.54, 1.807) is 18.2 Å². The summed E-state index contributed by atoms with van der Waals surface area (Å²) in [6, 6.07) is 8.85. The van der Waals surface area contributed by atoms with Crippen molar-refractivity contribution in [2.45, 2.75) is 19.8 Å². The van der Waals surface area contributed by atoms with Crippen LogP contribution in [0.25, 0.3) is 6.08 Å². The predicted octanol–water partition coefficient (Wildman–Crippen LogP) is 3.45. The molecule has 0 unspecified atom stereocenters. The van der Waals surface area contributed by atoms with Gasteiger partial charge in [-0.3, -0.25) is 25.0 Å². The fraction of sp³-hybridized carbons (Fsp3) is 0.227. The number of nitrogens with one attached hydrogen (secondary N) is 1. The molecule has 1 N–H and O–H groups in total. The van der Waals surface area contributed by atoms with Gasteiger partial charge in [-0.05, 0) is 42.3 Å². The van der Waals surface area contributed by atoms with Gasteiger partial charge < -0.3 is 9.47 Å². The normalized spacial score (nSPS) is 15.0. The Bertz CT molecular complexity index is 1090. The molecule has 0 bridgehead atoms. The first-order valence-electron chi connectivity index (χ1n) is 9.82. The molecule has 0 spiro atoms. The summed E-state index contributed by atoms with van der Waals surface area (Å²) in [4.78, 5) is 48.6. The fourth-order valence-electron chi connectivity index (χ4n) is 3.00. The molecule has 3 rings (SSSR count). The fourth-order valence-corrected chi connectivity index (χ4v) is 3.00. The number of non-ortho nitro benzene ring substituents is 1. The molecule has 1 heterocycles. The number of benzene rings is 2. The van der Waals surface area contributed by atoms with Gasteiger partial charge >= 0.3 is 6.03 Å². The molecule has 166 valence electrons. The first-order chi connectivity index (χ1) is 15.3. The third-order valence-corrected chi connectivity index (χ3v) is 4.67. The second-order valence-electron chi connectivity index (χ2n) is 6.84. The van der Waals surface area contributed by atoms with E-state index in [4.69, 9.17) is 9.47 Å². The van der Waals surface area contributed by atoms with Crippen LogP contribution in [0.3, 0.4) is 0 Å². The monoisotopic (exact) mass is 439 g/mol. The van der Waals surface area contributed by atoms with Crippen LogP contribution in [-0.2, 0) is 9.59 Å². The first-order valence-corrected chi connectivity index (χ1v) is 9.82. The summed E-state index contributed by atoms with van der Waals surface area (Å²) in [5.41, 5.74) is 0.110. The van der Waals surface area contributed by atoms with Crippen molar-refractivity contribution in [1.29, 1.82) is 0 Å². The molecular weight excluding hydrogens is 418 g/mol. The zero-order valence-electron chi connectivity index (χ0n) is 17.5. The van der Waals surface area contributed by atoms with Crippen molar-refractivity contribution in [3.05, 3.63) is 63.7 Å². The molecule has 1 fully saturated rings. The smallest absolute Gasteiger partial charge is 0.335 e. The Hall–Kier alpha value is -4.21. The molecule has 0 saturated carbocycles. The maximum Gasteiger partial charge on any atom is 0.335 e. The summed E-state index contributed by atoms with van der Waals surface area (Å²) in [5, 5.41) is 12.9. The summed E-state index contributed by atoms with van der Waals surface area (Å²) < 4.78 is 11.0. The Morgan fingerprint density at radius 2 is 1.81 bits per heavy atom. The van der Waals surface area contributed by atoms with E-state index in [2.05, 4.69) is 5.32 Å². The lowest BCUT2D eigenvalue weighted by Gasteiger charge is -2.26. The number of carbonyl (C=O) groups excluding carboxylic acids is 3. The SMILES string of the molecule is CCCCOc1ccc(/C=C2/C(=O)NC(=O)N(c3ccc([N+](=O)[O-])cc3)C2=O)cc1OC. The molecular formula is C22H21N3O7. The number of anilines is 1. The summed E-state index contributed by atoms with van der Waals surface area (Å²) in [5.74, 6) is -0.733. The largest absolute Gasteiger partial charge is 0.493 e. The van der Waals surface area contributed by atoms with Crippen molar-refractivity contribution in [3.63, 3.8) is 0 Å². The van der Waals surface area contributed by atoms with Crippen LogP contribution in [-0.4, -0.2) is 36.5 Å². The van der Waals surface area contributed by atoms with E-state index in [1.807, 2.05) is 6.92 Å². The van der Waals surface area contributed by atoms with Crippen LogP contribution in [0.15, 0.2) is 48.0 Å². The van der Waals surface area contributed by atoms with E-state index in [9.17, 15) is 24.5 Å². The third kappa shape index (κ3) is 4.75. The standard InChI is InChI=1S/C22H21N3O7/c1-3-4-11-32-18-10-5-14(13-19(18)31-2)12-17-20(26)23-22(28)24(21(17)27)15-6-8-16(9-7-15)25(29)30/h5-10,12-13H,3-4,11H2,1-2H3,(H,23,26,28)/b17-12-. The van der Waals surface area contributed by atoms with Crippen molar-refractivity contribution in [3.8, 4) is 11.5 Å². The lowest BCUT2D eigenvalue weighted by Crippen LogP contribution is -2.54. The zero-order chi connectivity index (χ0) is 23.3. The molecule has 32 heavy (non-hydrogen) atoms. The second-order valence-corrected chi connectivity index (χ2v) is 6.84. The molecule has 2 aromatic carbocycles. The summed E-state index contributed by atoms with van der Waals surface area (Å²) in [7, 11) is 1.48. The predicted molar refractivity (Wildman–Crippen MR) is 115 cm³/mol. The van der Waals surface area contributed by atoms with E-state index in [-0.39, 0.29) is 16.9 Å². The summed E-state index contributed by atoms with van der Waals surface area (Å²) >= 11 is 0. The highest BCUT2D eigenvalue weighted by Gasteiger charge is 2.37. The van der Waals surface area contributed by atoms with E-state index in [1.165, 1.54) is 25.3 Å². The molecule has 0 atom stereocenters. The number of amides is 4. The van der Waals surface area contributed by atoms with Crippen molar-refractivity contribution in [2.75, 3.05) is 18.6 Å². The number of nitro benzene ring substituents is 1. The summed E-state index contributed by atoms with van der Waals surface area (Å²) in [6.07, 6.45) is 3.20. The van der Waals surface area contributed by atoms with Crippen LogP contribution in [0.4, 0.5) is 16.2 Å². The number of ether oxygens (including phenoxy) is 2. The van der Waals surface area contributed by atoms with Gasteiger partial charge in [-0.2, -0.15) is 0 Å². The maximum atomic E-state index is 13.0. The third-order valence-electron chi connectivity index (χ3n) is 4.67. The number of unbranched alkanes of at least 4 members (excludes halogenated alkanes) is 1. The van der Waals surface area contributed by atoms with Gasteiger partial charge in [-0.25, -0.2) is 9.69 Å². The van der Waals surface area contributed by atoms with Crippen LogP contribution in [0.5, 0.6) is 11.5 Å². The average molecular weight is 439 g/mol. The Morgan fingerprint density at radius 3 is 2.44 bits per heavy atom. The van der Waals surface area contributed by atoms with Gasteiger partial charge in [0.25, 0.3) is 17.5 Å². The van der Waals surface area contributed by atoms with Crippen LogP contribution in [0, 0.1) is 10.1 Å². The van der Waals surface area contributed by atoms with Crippen LogP contribution >= 0.6 is 0 Å². The Balaban J connectivity index is 1.91. The van der Waals surface area contributed by atoms with E-state index in [0.29, 0.717) is 23.7 Å². The number of hydrogen-bond acceptors (Lipinski definition) is 7. The molecule has 2 aromatic rings. The molecule has 0 aliphatic carbocycles. The van der Waals surface area contributed by atoms with Crippen molar-refractivity contribution in [1.82, 2.24) is 5.32 Å². The number of barbiturate groups is 1. The number of carbonyl (C=O) groups is 3. The molecule has 0 aromatic heterocycles. The minimum Gasteiger partial charge on any atom is -0.493 e. The number of imide groups is 2. The molecule has 1 aliphatic rings. The quantitative estimate of drug-likeness (QED) is 0.219. The topological polar surface area (TPSA) is 128 Å². The lowest BCUT2D eigenvalue weighted by molar-refractivity contribution is -0.384. The number of hydrogen-bond donors (Lipinski definition) is 1. The van der Waals surface area contributed by atoms with Gasteiger partial charge in [0.15, 0.2) is 11.5 Å². The highest BCUT2D eigenvalue weighted by atomic mass is 16.6. The van der Waals surface area contributed by atoms with Gasteiger partial charge in [-0.15, -0.1) is 0 Å². The molecule has 0 radical (unpaired) electrons. The second kappa shape index (κ2) is 9.73. The zero-order valence-corrected chi connectivity index (χ0v) is 17.5. The van der Waals surface area contributed by atoms with Gasteiger partial charge in [0, 0.05) is 12.1 Å². The molecule has 4 amide bonds. The van der Waals surface area contributed by atoms with Crippen molar-refractivity contribution in [2.24, 2.45) is 0 Å². The van der Waals surface area contributed by atoms with Crippen molar-refractivity contribution < 1.29 is 28.8 Å². The summed E-state index contributed by atoms with van der Waals surface area (Å²) in [6.45, 7) is 2.58. The number of nitro groups is 1. The number of methoxy groups -OCH3 is 1. The van der Waals surface area contributed by atoms with Crippen molar-refractivity contribution >= 4 is 35.3 Å². The highest BCUT2D eigenvalue weighted by molar-refractivity contribution is 6.39. The van der Waals surface area contributed by atoms with Crippen LogP contribution in [0.2, 0.25) is 0 Å². The average Bonchev–Trinajstić information content (AvgIpc) is 2.77. The van der Waals surface area contributed by atoms with E-state index in [0.717, 1.165) is 29.9 Å². The molecule has 10 heteroatoms. The first kappa shape index (κ1) is 22.5. The van der Waals surface area contributed by atoms with Gasteiger partial charge in [-0.1, -0.05) is 19.4 Å². The minimum absolute atomic E-state index is 0.0914. The Labute approximate surface area is 183 Å². The Kier molecular flexibility index (Phi) is 6.83. The lowest BCUT2D eigenvalue weighted by atomic mass is 10.1. The van der Waals surface area contributed by atoms with Gasteiger partial charge in [0.2, 0.25) is 0 Å². The van der Waals surface area contributed by atoms with E-state index >= 15 is 0 Å².